The lowest BCUT2D eigenvalue weighted by atomic mass is 10.1. The van der Waals surface area contributed by atoms with Gasteiger partial charge in [0.15, 0.2) is 5.17 Å². The first kappa shape index (κ1) is 14.5. The second-order valence-corrected chi connectivity index (χ2v) is 7.40. The van der Waals surface area contributed by atoms with E-state index in [2.05, 4.69) is 11.3 Å². The largest absolute Gasteiger partial charge is 0.494 e. The van der Waals surface area contributed by atoms with Crippen LogP contribution in [0.3, 0.4) is 0 Å². The van der Waals surface area contributed by atoms with Crippen LogP contribution >= 0.6 is 11.8 Å². The predicted octanol–water partition coefficient (Wildman–Crippen LogP) is 2.52. The van der Waals surface area contributed by atoms with E-state index in [-0.39, 0.29) is 5.75 Å². The number of hydrogen-bond donors (Lipinski definition) is 0. The minimum absolute atomic E-state index is 0.0616. The molecule has 0 N–H and O–H groups in total. The van der Waals surface area contributed by atoms with Gasteiger partial charge >= 0.3 is 0 Å². The van der Waals surface area contributed by atoms with Crippen molar-refractivity contribution >= 4 is 32.6 Å². The van der Waals surface area contributed by atoms with Gasteiger partial charge in [-0.1, -0.05) is 18.7 Å². The van der Waals surface area contributed by atoms with Gasteiger partial charge in [0, 0.05) is 12.0 Å². The number of thioether (sulfide) groups is 1. The maximum absolute atomic E-state index is 11.5. The molecule has 0 aromatic heterocycles. The number of nitrogens with zero attached hydrogens (tertiary/aromatic N) is 2. The summed E-state index contributed by atoms with van der Waals surface area (Å²) in [4.78, 5) is 1.95. The molecule has 0 radical (unpaired) electrons. The summed E-state index contributed by atoms with van der Waals surface area (Å²) >= 11 is 1.35. The number of hydrogen-bond acceptors (Lipinski definition) is 5. The van der Waals surface area contributed by atoms with E-state index in [0.29, 0.717) is 18.3 Å². The zero-order valence-corrected chi connectivity index (χ0v) is 13.3. The molecule has 21 heavy (non-hydrogen) atoms. The first-order valence-corrected chi connectivity index (χ1v) is 9.28. The first-order chi connectivity index (χ1) is 10.1. The fraction of sp³-hybridized carbons (Fsp3) is 0.357. The molecule has 2 aliphatic heterocycles. The van der Waals surface area contributed by atoms with E-state index in [1.807, 2.05) is 34.6 Å². The molecule has 5 nitrogen and oxygen atoms in total. The lowest BCUT2D eigenvalue weighted by molar-refractivity contribution is 0.317. The summed E-state index contributed by atoms with van der Waals surface area (Å²) in [6.45, 7) is 3.23. The molecule has 0 amide bonds. The Morgan fingerprint density at radius 3 is 2.81 bits per heavy atom. The molecule has 0 atom stereocenters. The zero-order chi connectivity index (χ0) is 14.9. The van der Waals surface area contributed by atoms with Crippen molar-refractivity contribution in [2.45, 2.75) is 13.3 Å². The van der Waals surface area contributed by atoms with Crippen LogP contribution in [0.4, 0.5) is 0 Å². The zero-order valence-electron chi connectivity index (χ0n) is 11.7. The molecule has 1 aromatic carbocycles. The number of rotatable bonds is 4. The van der Waals surface area contributed by atoms with Gasteiger partial charge in [-0.3, -0.25) is 0 Å². The van der Waals surface area contributed by atoms with E-state index in [1.54, 1.807) is 0 Å². The highest BCUT2D eigenvalue weighted by Gasteiger charge is 2.31. The number of amidine groups is 1. The van der Waals surface area contributed by atoms with Crippen molar-refractivity contribution in [2.75, 3.05) is 18.9 Å². The molecule has 3 rings (SSSR count). The molecule has 0 unspecified atom stereocenters. The van der Waals surface area contributed by atoms with Crippen LogP contribution in [-0.2, 0) is 10.0 Å². The van der Waals surface area contributed by atoms with Gasteiger partial charge in [0.05, 0.1) is 18.1 Å². The van der Waals surface area contributed by atoms with Crippen LogP contribution in [0.1, 0.15) is 18.9 Å². The Morgan fingerprint density at radius 1 is 1.33 bits per heavy atom. The highest BCUT2D eigenvalue weighted by Crippen LogP contribution is 2.35. The summed E-state index contributed by atoms with van der Waals surface area (Å²) in [5.41, 5.74) is 2.03. The Morgan fingerprint density at radius 2 is 2.10 bits per heavy atom. The molecule has 2 heterocycles. The standard InChI is InChI=1S/C14H16N2O3S2/c1-2-8-19-12-5-3-11(4-6-12)13-10-20-14-15-21(17,18)9-7-16(13)14/h3-6,10H,2,7-9H2,1H3. The van der Waals surface area contributed by atoms with E-state index in [1.165, 1.54) is 11.8 Å². The van der Waals surface area contributed by atoms with Crippen LogP contribution < -0.4 is 4.74 Å². The number of fused-ring (bicyclic) bond motifs is 1. The van der Waals surface area contributed by atoms with Crippen molar-refractivity contribution in [1.29, 1.82) is 0 Å². The summed E-state index contributed by atoms with van der Waals surface area (Å²) in [6, 6.07) is 7.85. The molecule has 0 spiro atoms. The van der Waals surface area contributed by atoms with E-state index < -0.39 is 10.0 Å². The normalized spacial score (nSPS) is 19.8. The van der Waals surface area contributed by atoms with Crippen molar-refractivity contribution < 1.29 is 13.2 Å². The molecule has 2 aliphatic rings. The van der Waals surface area contributed by atoms with Gasteiger partial charge in [-0.25, -0.2) is 8.42 Å². The van der Waals surface area contributed by atoms with Crippen molar-refractivity contribution in [3.05, 3.63) is 35.2 Å². The van der Waals surface area contributed by atoms with Crippen LogP contribution in [0.2, 0.25) is 0 Å². The third-order valence-electron chi connectivity index (χ3n) is 3.21. The Hall–Kier alpha value is -1.47. The Labute approximate surface area is 128 Å². The smallest absolute Gasteiger partial charge is 0.257 e. The number of sulfonamides is 1. The molecule has 7 heteroatoms. The molecule has 1 aromatic rings. The maximum atomic E-state index is 11.5. The van der Waals surface area contributed by atoms with Crippen LogP contribution in [0.25, 0.3) is 5.70 Å². The number of ether oxygens (including phenoxy) is 1. The molecule has 0 saturated heterocycles. The van der Waals surface area contributed by atoms with Crippen molar-refractivity contribution in [3.8, 4) is 5.75 Å². The van der Waals surface area contributed by atoms with E-state index in [9.17, 15) is 8.42 Å². The van der Waals surface area contributed by atoms with Gasteiger partial charge < -0.3 is 9.64 Å². The quantitative estimate of drug-likeness (QED) is 0.852. The predicted molar refractivity (Wildman–Crippen MR) is 85.7 cm³/mol. The minimum Gasteiger partial charge on any atom is -0.494 e. The lowest BCUT2D eigenvalue weighted by Crippen LogP contribution is -2.34. The van der Waals surface area contributed by atoms with Gasteiger partial charge in [0.2, 0.25) is 0 Å². The lowest BCUT2D eigenvalue weighted by Gasteiger charge is -2.25. The summed E-state index contributed by atoms with van der Waals surface area (Å²) in [5.74, 6) is 0.911. The third-order valence-corrected chi connectivity index (χ3v) is 5.34. The van der Waals surface area contributed by atoms with Crippen LogP contribution in [0.15, 0.2) is 34.1 Å². The van der Waals surface area contributed by atoms with Gasteiger partial charge in [0.1, 0.15) is 5.75 Å². The molecule has 0 aliphatic carbocycles. The molecular formula is C14H16N2O3S2. The fourth-order valence-corrected chi connectivity index (χ4v) is 4.31. The van der Waals surface area contributed by atoms with E-state index in [4.69, 9.17) is 4.74 Å². The molecule has 112 valence electrons. The summed E-state index contributed by atoms with van der Waals surface area (Å²) in [6.07, 6.45) is 0.978. The maximum Gasteiger partial charge on any atom is 0.257 e. The Balaban J connectivity index is 1.79. The molecule has 0 bridgehead atoms. The highest BCUT2D eigenvalue weighted by molar-refractivity contribution is 8.17. The molecular weight excluding hydrogens is 308 g/mol. The van der Waals surface area contributed by atoms with Crippen LogP contribution in [0, 0.1) is 0 Å². The Bertz CT molecular complexity index is 693. The monoisotopic (exact) mass is 324 g/mol. The second-order valence-electron chi connectivity index (χ2n) is 4.81. The molecule has 0 saturated carbocycles. The highest BCUT2D eigenvalue weighted by atomic mass is 32.2. The first-order valence-electron chi connectivity index (χ1n) is 6.79. The minimum atomic E-state index is -3.29. The second kappa shape index (κ2) is 5.73. The van der Waals surface area contributed by atoms with Gasteiger partial charge in [-0.15, -0.1) is 4.40 Å². The average Bonchev–Trinajstić information content (AvgIpc) is 2.87. The van der Waals surface area contributed by atoms with Crippen LogP contribution in [-0.4, -0.2) is 37.4 Å². The molecule has 0 fully saturated rings. The number of benzene rings is 1. The summed E-state index contributed by atoms with van der Waals surface area (Å²) in [7, 11) is -3.29. The fourth-order valence-electron chi connectivity index (χ4n) is 2.16. The van der Waals surface area contributed by atoms with Crippen molar-refractivity contribution in [3.63, 3.8) is 0 Å². The summed E-state index contributed by atoms with van der Waals surface area (Å²) < 4.78 is 32.4. The van der Waals surface area contributed by atoms with Crippen molar-refractivity contribution in [1.82, 2.24) is 4.90 Å². The third kappa shape index (κ3) is 3.08. The van der Waals surface area contributed by atoms with Crippen LogP contribution in [0.5, 0.6) is 5.75 Å². The van der Waals surface area contributed by atoms with Gasteiger partial charge in [-0.05, 0) is 36.2 Å². The van der Waals surface area contributed by atoms with Gasteiger partial charge in [-0.2, -0.15) is 0 Å². The average molecular weight is 324 g/mol. The summed E-state index contributed by atoms with van der Waals surface area (Å²) in [5, 5.41) is 2.49. The van der Waals surface area contributed by atoms with E-state index >= 15 is 0 Å². The van der Waals surface area contributed by atoms with Crippen molar-refractivity contribution in [2.24, 2.45) is 4.40 Å². The topological polar surface area (TPSA) is 59.0 Å². The van der Waals surface area contributed by atoms with E-state index in [0.717, 1.165) is 23.4 Å². The van der Waals surface area contributed by atoms with Gasteiger partial charge in [0.25, 0.3) is 10.0 Å². The Kier molecular flexibility index (Phi) is 3.95. The SMILES string of the molecule is CCCOc1ccc(C2=CSC3=NS(=O)(=O)CCN23)cc1.